The van der Waals surface area contributed by atoms with Gasteiger partial charge in [-0.15, -0.1) is 0 Å². The molecule has 3 aromatic carbocycles. The smallest absolute Gasteiger partial charge is 0.416 e. The first-order valence-corrected chi connectivity index (χ1v) is 9.93. The second-order valence-corrected chi connectivity index (χ2v) is 7.54. The molecule has 1 heterocycles. The predicted molar refractivity (Wildman–Crippen MR) is 115 cm³/mol. The summed E-state index contributed by atoms with van der Waals surface area (Å²) in [6.45, 7) is 0.456. The van der Waals surface area contributed by atoms with Crippen molar-refractivity contribution in [3.8, 4) is 17.2 Å². The van der Waals surface area contributed by atoms with Gasteiger partial charge in [-0.05, 0) is 54.1 Å². The van der Waals surface area contributed by atoms with E-state index in [9.17, 15) is 18.0 Å². The Balaban J connectivity index is 1.59. The maximum absolute atomic E-state index is 13.0. The van der Waals surface area contributed by atoms with E-state index in [4.69, 9.17) is 15.2 Å². The van der Waals surface area contributed by atoms with Gasteiger partial charge in [0, 0.05) is 30.3 Å². The molecule has 166 valence electrons. The number of nitrogens with two attached hydrogens (primary N) is 1. The lowest BCUT2D eigenvalue weighted by atomic mass is 9.98. The van der Waals surface area contributed by atoms with E-state index in [1.54, 1.807) is 35.2 Å². The molecule has 0 bridgehead atoms. The van der Waals surface area contributed by atoms with Crippen LogP contribution in [0.15, 0.2) is 66.7 Å². The summed E-state index contributed by atoms with van der Waals surface area (Å²) in [7, 11) is 1.45. The number of hydrogen-bond donors (Lipinski definition) is 1. The van der Waals surface area contributed by atoms with Gasteiger partial charge in [0.2, 0.25) is 5.91 Å². The number of alkyl halides is 3. The van der Waals surface area contributed by atoms with Crippen molar-refractivity contribution < 1.29 is 27.4 Å². The van der Waals surface area contributed by atoms with E-state index in [0.717, 1.165) is 23.4 Å². The zero-order valence-electron chi connectivity index (χ0n) is 17.2. The predicted octanol–water partition coefficient (Wildman–Crippen LogP) is 5.61. The van der Waals surface area contributed by atoms with E-state index < -0.39 is 11.7 Å². The van der Waals surface area contributed by atoms with Crippen molar-refractivity contribution in [1.29, 1.82) is 0 Å². The van der Waals surface area contributed by atoms with Crippen LogP contribution in [0.3, 0.4) is 0 Å². The minimum Gasteiger partial charge on any atom is -0.493 e. The summed E-state index contributed by atoms with van der Waals surface area (Å²) < 4.78 is 50.2. The summed E-state index contributed by atoms with van der Waals surface area (Å²) in [6.07, 6.45) is -4.18. The van der Waals surface area contributed by atoms with Gasteiger partial charge in [-0.3, -0.25) is 4.79 Å². The fourth-order valence-corrected chi connectivity index (χ4v) is 3.76. The van der Waals surface area contributed by atoms with Gasteiger partial charge in [-0.2, -0.15) is 13.2 Å². The molecular formula is C24H21F3N2O3. The van der Waals surface area contributed by atoms with Gasteiger partial charge >= 0.3 is 6.18 Å². The number of carbonyl (C=O) groups is 1. The summed E-state index contributed by atoms with van der Waals surface area (Å²) in [5, 5.41) is 0. The minimum absolute atomic E-state index is 0.0308. The summed E-state index contributed by atoms with van der Waals surface area (Å²) in [6, 6.07) is 17.0. The third-order valence-electron chi connectivity index (χ3n) is 5.36. The van der Waals surface area contributed by atoms with Crippen LogP contribution >= 0.6 is 0 Å². The molecule has 1 aliphatic rings. The van der Waals surface area contributed by atoms with Gasteiger partial charge < -0.3 is 20.1 Å². The summed E-state index contributed by atoms with van der Waals surface area (Å²) in [4.78, 5) is 14.3. The van der Waals surface area contributed by atoms with Crippen molar-refractivity contribution in [1.82, 2.24) is 0 Å². The number of methoxy groups -OCH3 is 1. The Morgan fingerprint density at radius 2 is 1.78 bits per heavy atom. The highest BCUT2D eigenvalue weighted by Gasteiger charge is 2.33. The normalized spacial score (nSPS) is 16.3. The van der Waals surface area contributed by atoms with Crippen LogP contribution < -0.4 is 20.1 Å². The monoisotopic (exact) mass is 442 g/mol. The van der Waals surface area contributed by atoms with E-state index in [2.05, 4.69) is 0 Å². The van der Waals surface area contributed by atoms with Crippen LogP contribution in [0.4, 0.5) is 24.5 Å². The Morgan fingerprint density at radius 1 is 1.00 bits per heavy atom. The number of hydrogen-bond acceptors (Lipinski definition) is 4. The van der Waals surface area contributed by atoms with Gasteiger partial charge in [0.15, 0.2) is 11.5 Å². The molecule has 0 unspecified atom stereocenters. The highest BCUT2D eigenvalue weighted by atomic mass is 19.4. The fraction of sp³-hybridized carbons (Fsp3) is 0.208. The highest BCUT2D eigenvalue weighted by Crippen LogP contribution is 2.39. The Morgan fingerprint density at radius 3 is 2.50 bits per heavy atom. The van der Waals surface area contributed by atoms with Crippen LogP contribution in [-0.2, 0) is 11.0 Å². The standard InChI is InChI=1S/C24H21F3N2O3/c1-31-21-9-8-15(10-22(21)32-20-7-2-4-17(12-20)24(25,26)27)16-11-23(30)29(14-16)19-6-3-5-18(28)13-19/h2-10,12-13,16H,11,14,28H2,1H3/t16-/m0/s1. The summed E-state index contributed by atoms with van der Waals surface area (Å²) in [5.41, 5.74) is 7.16. The van der Waals surface area contributed by atoms with E-state index in [1.807, 2.05) is 12.1 Å². The van der Waals surface area contributed by atoms with Crippen LogP contribution in [0, 0.1) is 0 Å². The van der Waals surface area contributed by atoms with Crippen molar-refractivity contribution in [2.45, 2.75) is 18.5 Å². The SMILES string of the molecule is COc1ccc([C@H]2CC(=O)N(c3cccc(N)c3)C2)cc1Oc1cccc(C(F)(F)F)c1. The topological polar surface area (TPSA) is 64.8 Å². The van der Waals surface area contributed by atoms with E-state index in [1.165, 1.54) is 19.2 Å². The first-order chi connectivity index (χ1) is 15.2. The van der Waals surface area contributed by atoms with Crippen molar-refractivity contribution in [2.75, 3.05) is 24.3 Å². The number of nitrogens with zero attached hydrogens (tertiary/aromatic N) is 1. The van der Waals surface area contributed by atoms with Crippen LogP contribution in [0.2, 0.25) is 0 Å². The fourth-order valence-electron chi connectivity index (χ4n) is 3.76. The lowest BCUT2D eigenvalue weighted by Gasteiger charge is -2.18. The molecule has 1 aliphatic heterocycles. The number of amides is 1. The lowest BCUT2D eigenvalue weighted by Crippen LogP contribution is -2.24. The molecule has 0 radical (unpaired) electrons. The molecule has 3 aromatic rings. The molecule has 1 saturated heterocycles. The van der Waals surface area contributed by atoms with Crippen LogP contribution in [0.5, 0.6) is 17.2 Å². The molecule has 1 atom stereocenters. The number of rotatable bonds is 5. The molecule has 1 amide bonds. The molecule has 0 saturated carbocycles. The number of ether oxygens (including phenoxy) is 2. The molecule has 1 fully saturated rings. The Hall–Kier alpha value is -3.68. The minimum atomic E-state index is -4.47. The molecular weight excluding hydrogens is 421 g/mol. The van der Waals surface area contributed by atoms with Crippen LogP contribution in [0.1, 0.15) is 23.5 Å². The van der Waals surface area contributed by atoms with Gasteiger partial charge in [0.1, 0.15) is 5.75 Å². The van der Waals surface area contributed by atoms with E-state index >= 15 is 0 Å². The zero-order valence-corrected chi connectivity index (χ0v) is 17.2. The maximum atomic E-state index is 13.0. The average Bonchev–Trinajstić information content (AvgIpc) is 3.15. The largest absolute Gasteiger partial charge is 0.493 e. The Kier molecular flexibility index (Phi) is 5.69. The number of nitrogen functional groups attached to an aromatic ring is 1. The third kappa shape index (κ3) is 4.49. The number of anilines is 2. The quantitative estimate of drug-likeness (QED) is 0.522. The average molecular weight is 442 g/mol. The Labute approximate surface area is 183 Å². The number of carbonyl (C=O) groups excluding carboxylic acids is 1. The third-order valence-corrected chi connectivity index (χ3v) is 5.36. The second-order valence-electron chi connectivity index (χ2n) is 7.54. The molecule has 0 spiro atoms. The Bertz CT molecular complexity index is 1150. The zero-order chi connectivity index (χ0) is 22.9. The van der Waals surface area contributed by atoms with Gasteiger partial charge in [-0.1, -0.05) is 18.2 Å². The van der Waals surface area contributed by atoms with Crippen molar-refractivity contribution >= 4 is 17.3 Å². The molecule has 4 rings (SSSR count). The lowest BCUT2D eigenvalue weighted by molar-refractivity contribution is -0.137. The molecule has 5 nitrogen and oxygen atoms in total. The number of benzene rings is 3. The second kappa shape index (κ2) is 8.45. The first kappa shape index (κ1) is 21.5. The van der Waals surface area contributed by atoms with Crippen molar-refractivity contribution in [2.24, 2.45) is 0 Å². The molecule has 0 aromatic heterocycles. The highest BCUT2D eigenvalue weighted by molar-refractivity contribution is 5.96. The maximum Gasteiger partial charge on any atom is 0.416 e. The first-order valence-electron chi connectivity index (χ1n) is 9.93. The van der Waals surface area contributed by atoms with Crippen molar-refractivity contribution in [3.63, 3.8) is 0 Å². The van der Waals surface area contributed by atoms with E-state index in [-0.39, 0.29) is 23.3 Å². The van der Waals surface area contributed by atoms with Gasteiger partial charge in [-0.25, -0.2) is 0 Å². The molecule has 0 aliphatic carbocycles. The summed E-state index contributed by atoms with van der Waals surface area (Å²) in [5.74, 6) is 0.553. The summed E-state index contributed by atoms with van der Waals surface area (Å²) >= 11 is 0. The van der Waals surface area contributed by atoms with Crippen LogP contribution in [0.25, 0.3) is 0 Å². The molecule has 32 heavy (non-hydrogen) atoms. The van der Waals surface area contributed by atoms with Crippen molar-refractivity contribution in [3.05, 3.63) is 77.9 Å². The number of halogens is 3. The van der Waals surface area contributed by atoms with Crippen LogP contribution in [-0.4, -0.2) is 19.6 Å². The molecule has 8 heteroatoms. The molecule has 2 N–H and O–H groups in total. The van der Waals surface area contributed by atoms with E-state index in [0.29, 0.717) is 24.4 Å². The van der Waals surface area contributed by atoms with Gasteiger partial charge in [0.25, 0.3) is 0 Å². The van der Waals surface area contributed by atoms with Gasteiger partial charge in [0.05, 0.1) is 12.7 Å².